The van der Waals surface area contributed by atoms with Crippen molar-refractivity contribution >= 4 is 5.83 Å². The molecule has 0 bridgehead atoms. The van der Waals surface area contributed by atoms with Crippen molar-refractivity contribution in [3.8, 4) is 0 Å². The van der Waals surface area contributed by atoms with Crippen LogP contribution in [0.15, 0.2) is 24.4 Å². The predicted molar refractivity (Wildman–Crippen MR) is 53.6 cm³/mol. The number of hydrogen-bond acceptors (Lipinski definition) is 3. The molecule has 2 rings (SSSR count). The third-order valence-electron chi connectivity index (χ3n) is 2.18. The van der Waals surface area contributed by atoms with Gasteiger partial charge in [-0.2, -0.15) is 0 Å². The molecule has 0 atom stereocenters. The summed E-state index contributed by atoms with van der Waals surface area (Å²) in [4.78, 5) is 3.99. The molecular formula is C11H12FNO2. The number of halogens is 1. The van der Waals surface area contributed by atoms with Gasteiger partial charge in [-0.1, -0.05) is 6.07 Å². The standard InChI is InChI=1S/C11H12FNO2/c1-2-9(12)10-4-3-8(7-13-10)11-14-5-6-15-11/h2-4,7,11H,5-6H2,1H3/b9-2-. The van der Waals surface area contributed by atoms with Gasteiger partial charge in [0, 0.05) is 11.8 Å². The molecule has 1 fully saturated rings. The Kier molecular flexibility index (Phi) is 3.08. The third kappa shape index (κ3) is 2.22. The molecule has 0 spiro atoms. The molecule has 3 nitrogen and oxygen atoms in total. The summed E-state index contributed by atoms with van der Waals surface area (Å²) in [5, 5.41) is 0. The van der Waals surface area contributed by atoms with Crippen molar-refractivity contribution in [2.45, 2.75) is 13.2 Å². The monoisotopic (exact) mass is 209 g/mol. The van der Waals surface area contributed by atoms with Crippen molar-refractivity contribution in [1.29, 1.82) is 0 Å². The van der Waals surface area contributed by atoms with Crippen LogP contribution in [0.5, 0.6) is 0 Å². The zero-order valence-corrected chi connectivity index (χ0v) is 8.44. The average molecular weight is 209 g/mol. The van der Waals surface area contributed by atoms with Crippen molar-refractivity contribution in [3.63, 3.8) is 0 Å². The SMILES string of the molecule is C/C=C(\F)c1ccc(C2OCCO2)cn1. The first-order valence-electron chi connectivity index (χ1n) is 4.82. The van der Waals surface area contributed by atoms with Crippen LogP contribution in [0, 0.1) is 0 Å². The van der Waals surface area contributed by atoms with E-state index in [4.69, 9.17) is 9.47 Å². The smallest absolute Gasteiger partial charge is 0.185 e. The molecule has 1 saturated heterocycles. The second-order valence-corrected chi connectivity index (χ2v) is 3.19. The highest BCUT2D eigenvalue weighted by molar-refractivity contribution is 5.54. The minimum absolute atomic E-state index is 0.324. The van der Waals surface area contributed by atoms with Gasteiger partial charge in [0.2, 0.25) is 0 Å². The topological polar surface area (TPSA) is 31.4 Å². The second-order valence-electron chi connectivity index (χ2n) is 3.19. The highest BCUT2D eigenvalue weighted by atomic mass is 19.1. The zero-order chi connectivity index (χ0) is 10.7. The average Bonchev–Trinajstić information content (AvgIpc) is 2.82. The Morgan fingerprint density at radius 3 is 2.73 bits per heavy atom. The fourth-order valence-electron chi connectivity index (χ4n) is 1.38. The van der Waals surface area contributed by atoms with E-state index >= 15 is 0 Å². The van der Waals surface area contributed by atoms with Gasteiger partial charge in [0.1, 0.15) is 5.83 Å². The molecule has 1 aliphatic rings. The number of nitrogens with zero attached hydrogens (tertiary/aromatic N) is 1. The van der Waals surface area contributed by atoms with Crippen LogP contribution in [0.1, 0.15) is 24.5 Å². The summed E-state index contributed by atoms with van der Waals surface area (Å²) < 4.78 is 23.7. The number of allylic oxidation sites excluding steroid dienone is 1. The Morgan fingerprint density at radius 2 is 2.20 bits per heavy atom. The van der Waals surface area contributed by atoms with E-state index in [1.807, 2.05) is 0 Å². The molecule has 1 aromatic heterocycles. The number of pyridine rings is 1. The van der Waals surface area contributed by atoms with Crippen LogP contribution in [-0.4, -0.2) is 18.2 Å². The van der Waals surface area contributed by atoms with Gasteiger partial charge in [-0.05, 0) is 19.1 Å². The quantitative estimate of drug-likeness (QED) is 0.749. The summed E-state index contributed by atoms with van der Waals surface area (Å²) in [6.45, 7) is 2.82. The van der Waals surface area contributed by atoms with E-state index < -0.39 is 0 Å². The Balaban J connectivity index is 2.16. The van der Waals surface area contributed by atoms with Crippen molar-refractivity contribution in [1.82, 2.24) is 4.98 Å². The molecule has 0 saturated carbocycles. The Labute approximate surface area is 87.5 Å². The van der Waals surface area contributed by atoms with Gasteiger partial charge >= 0.3 is 0 Å². The molecule has 0 amide bonds. The summed E-state index contributed by atoms with van der Waals surface area (Å²) in [5.74, 6) is -0.324. The first-order valence-corrected chi connectivity index (χ1v) is 4.82. The van der Waals surface area contributed by atoms with Crippen LogP contribution in [0.2, 0.25) is 0 Å². The van der Waals surface area contributed by atoms with E-state index in [0.717, 1.165) is 5.56 Å². The lowest BCUT2D eigenvalue weighted by atomic mass is 10.2. The van der Waals surface area contributed by atoms with Crippen LogP contribution in [0.4, 0.5) is 4.39 Å². The van der Waals surface area contributed by atoms with Crippen LogP contribution >= 0.6 is 0 Å². The number of ether oxygens (including phenoxy) is 2. The van der Waals surface area contributed by atoms with Crippen LogP contribution < -0.4 is 0 Å². The first-order chi connectivity index (χ1) is 7.31. The van der Waals surface area contributed by atoms with Gasteiger partial charge in [-0.25, -0.2) is 4.39 Å². The number of rotatable bonds is 2. The number of hydrogen-bond donors (Lipinski definition) is 0. The summed E-state index contributed by atoms with van der Waals surface area (Å²) in [7, 11) is 0. The van der Waals surface area contributed by atoms with E-state index in [0.29, 0.717) is 18.9 Å². The highest BCUT2D eigenvalue weighted by Crippen LogP contribution is 2.23. The van der Waals surface area contributed by atoms with E-state index in [1.165, 1.54) is 6.08 Å². The Hall–Kier alpha value is -1.26. The van der Waals surface area contributed by atoms with Gasteiger partial charge < -0.3 is 9.47 Å². The molecule has 1 aromatic rings. The molecule has 15 heavy (non-hydrogen) atoms. The van der Waals surface area contributed by atoms with Crippen molar-refractivity contribution in [3.05, 3.63) is 35.7 Å². The zero-order valence-electron chi connectivity index (χ0n) is 8.44. The molecule has 80 valence electrons. The Morgan fingerprint density at radius 1 is 1.47 bits per heavy atom. The summed E-state index contributed by atoms with van der Waals surface area (Å²) in [6.07, 6.45) is 2.61. The summed E-state index contributed by atoms with van der Waals surface area (Å²) in [6, 6.07) is 3.39. The van der Waals surface area contributed by atoms with E-state index in [1.54, 1.807) is 25.3 Å². The van der Waals surface area contributed by atoms with Crippen molar-refractivity contribution in [2.75, 3.05) is 13.2 Å². The van der Waals surface area contributed by atoms with Crippen LogP contribution in [-0.2, 0) is 9.47 Å². The molecule has 4 heteroatoms. The Bertz CT molecular complexity index is 355. The van der Waals surface area contributed by atoms with Gasteiger partial charge in [0.25, 0.3) is 0 Å². The normalized spacial score (nSPS) is 18.4. The predicted octanol–water partition coefficient (Wildman–Crippen LogP) is 2.46. The maximum Gasteiger partial charge on any atom is 0.185 e. The first kappa shape index (κ1) is 10.3. The van der Waals surface area contributed by atoms with Crippen LogP contribution in [0.3, 0.4) is 0 Å². The van der Waals surface area contributed by atoms with Crippen molar-refractivity contribution < 1.29 is 13.9 Å². The third-order valence-corrected chi connectivity index (χ3v) is 2.18. The lowest BCUT2D eigenvalue weighted by Crippen LogP contribution is -1.99. The highest BCUT2D eigenvalue weighted by Gasteiger charge is 2.18. The van der Waals surface area contributed by atoms with Crippen molar-refractivity contribution in [2.24, 2.45) is 0 Å². The fraction of sp³-hybridized carbons (Fsp3) is 0.364. The molecule has 0 radical (unpaired) electrons. The lowest BCUT2D eigenvalue weighted by molar-refractivity contribution is -0.0443. The maximum absolute atomic E-state index is 13.1. The molecule has 0 aromatic carbocycles. The molecular weight excluding hydrogens is 197 g/mol. The van der Waals surface area contributed by atoms with Gasteiger partial charge in [-0.15, -0.1) is 0 Å². The molecule has 0 N–H and O–H groups in total. The molecule has 1 aliphatic heterocycles. The van der Waals surface area contributed by atoms with Gasteiger partial charge in [-0.3, -0.25) is 4.98 Å². The molecule has 0 aliphatic carbocycles. The van der Waals surface area contributed by atoms with Gasteiger partial charge in [0.05, 0.1) is 18.9 Å². The van der Waals surface area contributed by atoms with E-state index in [-0.39, 0.29) is 12.1 Å². The fourth-order valence-corrected chi connectivity index (χ4v) is 1.38. The van der Waals surface area contributed by atoms with Gasteiger partial charge in [0.15, 0.2) is 6.29 Å². The maximum atomic E-state index is 13.1. The molecule has 0 unspecified atom stereocenters. The minimum atomic E-state index is -0.347. The summed E-state index contributed by atoms with van der Waals surface area (Å²) in [5.41, 5.74) is 1.15. The van der Waals surface area contributed by atoms with E-state index in [9.17, 15) is 4.39 Å². The molecule has 2 heterocycles. The largest absolute Gasteiger partial charge is 0.346 e. The van der Waals surface area contributed by atoms with E-state index in [2.05, 4.69) is 4.98 Å². The minimum Gasteiger partial charge on any atom is -0.346 e. The lowest BCUT2D eigenvalue weighted by Gasteiger charge is -2.08. The second kappa shape index (κ2) is 4.51. The number of aromatic nitrogens is 1. The summed E-state index contributed by atoms with van der Waals surface area (Å²) >= 11 is 0. The van der Waals surface area contributed by atoms with Crippen LogP contribution in [0.25, 0.3) is 5.83 Å².